The number of nitro groups is 1. The molecule has 0 spiro atoms. The number of nitrogens with zero attached hydrogens (tertiary/aromatic N) is 7. The molecule has 0 aliphatic rings. The van der Waals surface area contributed by atoms with Gasteiger partial charge in [0.05, 0.1) is 23.0 Å². The second kappa shape index (κ2) is 6.59. The van der Waals surface area contributed by atoms with Crippen LogP contribution >= 0.6 is 0 Å². The smallest absolute Gasteiger partial charge is 0.265 e. The maximum absolute atomic E-state index is 12.5. The second-order valence-corrected chi connectivity index (χ2v) is 5.51. The van der Waals surface area contributed by atoms with Crippen molar-refractivity contribution in [3.63, 3.8) is 0 Å². The van der Waals surface area contributed by atoms with E-state index in [0.717, 1.165) is 10.5 Å². The van der Waals surface area contributed by atoms with E-state index < -0.39 is 10.5 Å². The summed E-state index contributed by atoms with van der Waals surface area (Å²) in [5.74, 6) is 0. The first-order chi connectivity index (χ1) is 13.1. The fourth-order valence-corrected chi connectivity index (χ4v) is 2.46. The zero-order valence-electron chi connectivity index (χ0n) is 13.7. The van der Waals surface area contributed by atoms with E-state index >= 15 is 0 Å². The summed E-state index contributed by atoms with van der Waals surface area (Å²) in [5.41, 5.74) is 1.16. The number of benzene rings is 2. The van der Waals surface area contributed by atoms with Crippen LogP contribution in [0.1, 0.15) is 5.56 Å². The highest BCUT2D eigenvalue weighted by Gasteiger charge is 2.12. The Morgan fingerprint density at radius 2 is 1.81 bits per heavy atom. The minimum atomic E-state index is -0.491. The number of rotatable bonds is 4. The third-order valence-corrected chi connectivity index (χ3v) is 3.80. The van der Waals surface area contributed by atoms with Crippen molar-refractivity contribution in [3.05, 3.63) is 86.8 Å². The van der Waals surface area contributed by atoms with Crippen LogP contribution in [0.4, 0.5) is 5.69 Å². The largest absolute Gasteiger partial charge is 0.302 e. The van der Waals surface area contributed by atoms with E-state index in [-0.39, 0.29) is 11.1 Å². The normalized spacial score (nSPS) is 11.3. The molecule has 27 heavy (non-hydrogen) atoms. The van der Waals surface area contributed by atoms with Crippen LogP contribution in [-0.4, -0.2) is 36.0 Å². The summed E-state index contributed by atoms with van der Waals surface area (Å²) in [5, 5.41) is 27.0. The Bertz CT molecular complexity index is 1210. The Kier molecular flexibility index (Phi) is 3.97. The van der Waals surface area contributed by atoms with Crippen molar-refractivity contribution >= 4 is 22.9 Å². The molecule has 0 radical (unpaired) electrons. The molecule has 0 aliphatic carbocycles. The number of fused-ring (bicyclic) bond motifs is 1. The first kappa shape index (κ1) is 16.3. The molecule has 2 heterocycles. The number of non-ortho nitro benzene ring substituents is 1. The maximum atomic E-state index is 12.5. The van der Waals surface area contributed by atoms with Crippen molar-refractivity contribution in [2.45, 2.75) is 0 Å². The van der Waals surface area contributed by atoms with Crippen LogP contribution in [-0.2, 0) is 0 Å². The topological polar surface area (TPSA) is 121 Å². The minimum absolute atomic E-state index is 0.0288. The molecule has 2 aromatic carbocycles. The van der Waals surface area contributed by atoms with Gasteiger partial charge in [-0.2, -0.15) is 10.2 Å². The average molecular weight is 361 g/mol. The first-order valence-electron chi connectivity index (χ1n) is 7.81. The molecule has 0 saturated carbocycles. The third-order valence-electron chi connectivity index (χ3n) is 3.80. The molecule has 132 valence electrons. The molecule has 0 unspecified atom stereocenters. The van der Waals surface area contributed by atoms with E-state index in [2.05, 4.69) is 20.5 Å². The van der Waals surface area contributed by atoms with E-state index in [1.54, 1.807) is 0 Å². The number of hydrogen-bond acceptors (Lipinski definition) is 7. The second-order valence-electron chi connectivity index (χ2n) is 5.51. The lowest BCUT2D eigenvalue weighted by molar-refractivity contribution is -0.384. The van der Waals surface area contributed by atoms with Gasteiger partial charge in [-0.15, -0.1) is 5.10 Å². The van der Waals surface area contributed by atoms with Crippen LogP contribution in [0.2, 0.25) is 0 Å². The Hall–Kier alpha value is -4.21. The summed E-state index contributed by atoms with van der Waals surface area (Å²) >= 11 is 0. The highest BCUT2D eigenvalue weighted by atomic mass is 16.6. The van der Waals surface area contributed by atoms with Crippen molar-refractivity contribution in [1.82, 2.24) is 24.9 Å². The fraction of sp³-hybridized carbons (Fsp3) is 0. The molecule has 0 aliphatic heterocycles. The molecule has 0 fully saturated rings. The fourth-order valence-electron chi connectivity index (χ4n) is 2.46. The molecule has 10 heteroatoms. The third kappa shape index (κ3) is 3.06. The molecule has 0 N–H and O–H groups in total. The predicted molar refractivity (Wildman–Crippen MR) is 97.0 cm³/mol. The lowest BCUT2D eigenvalue weighted by atomic mass is 10.2. The van der Waals surface area contributed by atoms with Crippen LogP contribution in [0, 0.1) is 10.1 Å². The van der Waals surface area contributed by atoms with E-state index in [1.807, 2.05) is 30.3 Å². The number of nitro benzene ring substituents is 1. The molecule has 2 aromatic heterocycles. The highest BCUT2D eigenvalue weighted by molar-refractivity contribution is 5.80. The van der Waals surface area contributed by atoms with Gasteiger partial charge >= 0.3 is 5.56 Å². The van der Waals surface area contributed by atoms with Crippen molar-refractivity contribution in [2.24, 2.45) is 5.10 Å². The lowest BCUT2D eigenvalue weighted by Gasteiger charge is -2.01. The summed E-state index contributed by atoms with van der Waals surface area (Å²) < 4.78 is 1.52. The zero-order chi connectivity index (χ0) is 18.8. The molecular formula is C17H11N7O3. The summed E-state index contributed by atoms with van der Waals surface area (Å²) in [6, 6.07) is 15.0. The maximum Gasteiger partial charge on any atom is 0.302 e. The summed E-state index contributed by atoms with van der Waals surface area (Å²) in [6.07, 6.45) is 2.78. The van der Waals surface area contributed by atoms with Gasteiger partial charge in [0.25, 0.3) is 5.69 Å². The van der Waals surface area contributed by atoms with Crippen molar-refractivity contribution in [3.8, 4) is 5.69 Å². The van der Waals surface area contributed by atoms with Crippen LogP contribution in [0.3, 0.4) is 0 Å². The average Bonchev–Trinajstić information content (AvgIpc) is 3.13. The van der Waals surface area contributed by atoms with Gasteiger partial charge in [-0.05, 0) is 35.0 Å². The highest BCUT2D eigenvalue weighted by Crippen LogP contribution is 2.13. The molecule has 0 amide bonds. The van der Waals surface area contributed by atoms with Crippen molar-refractivity contribution in [1.29, 1.82) is 0 Å². The van der Waals surface area contributed by atoms with E-state index in [0.29, 0.717) is 11.2 Å². The van der Waals surface area contributed by atoms with Gasteiger partial charge in [-0.1, -0.05) is 23.0 Å². The van der Waals surface area contributed by atoms with Gasteiger partial charge in [0.2, 0.25) is 0 Å². The van der Waals surface area contributed by atoms with Gasteiger partial charge in [-0.25, -0.2) is 4.68 Å². The van der Waals surface area contributed by atoms with Crippen LogP contribution in [0.25, 0.3) is 16.7 Å². The number of aromatic nitrogens is 5. The van der Waals surface area contributed by atoms with Crippen LogP contribution < -0.4 is 5.56 Å². The van der Waals surface area contributed by atoms with Crippen LogP contribution in [0.5, 0.6) is 0 Å². The summed E-state index contributed by atoms with van der Waals surface area (Å²) in [6.45, 7) is 0. The zero-order valence-corrected chi connectivity index (χ0v) is 13.7. The molecule has 0 atom stereocenters. The number of hydrogen-bond donors (Lipinski definition) is 0. The van der Waals surface area contributed by atoms with Gasteiger partial charge < -0.3 is 0 Å². The molecule has 4 aromatic rings. The Morgan fingerprint density at radius 3 is 2.52 bits per heavy atom. The molecule has 10 nitrogen and oxygen atoms in total. The van der Waals surface area contributed by atoms with Gasteiger partial charge in [0.1, 0.15) is 5.39 Å². The van der Waals surface area contributed by atoms with E-state index in [9.17, 15) is 14.9 Å². The van der Waals surface area contributed by atoms with Crippen molar-refractivity contribution < 1.29 is 4.92 Å². The van der Waals surface area contributed by atoms with Crippen LogP contribution in [0.15, 0.2) is 70.7 Å². The van der Waals surface area contributed by atoms with E-state index in [4.69, 9.17) is 0 Å². The van der Waals surface area contributed by atoms with Gasteiger partial charge in [0.15, 0.2) is 5.65 Å². The summed E-state index contributed by atoms with van der Waals surface area (Å²) in [4.78, 5) is 23.6. The van der Waals surface area contributed by atoms with E-state index in [1.165, 1.54) is 41.4 Å². The molecule has 0 saturated heterocycles. The van der Waals surface area contributed by atoms with Gasteiger partial charge in [0, 0.05) is 12.1 Å². The SMILES string of the molecule is O=c1c2cnn(-c3ccccc3)c2nnn1/N=C/c1ccc([N+](=O)[O-])cc1. The predicted octanol–water partition coefficient (Wildman–Crippen LogP) is 1.77. The molecular weight excluding hydrogens is 350 g/mol. The first-order valence-corrected chi connectivity index (χ1v) is 7.81. The Balaban J connectivity index is 1.68. The standard InChI is InChI=1S/C17H11N7O3/c25-17-15-11-18-22(13-4-2-1-3-5-13)16(15)20-21-23(17)19-10-12-6-8-14(9-7-12)24(26)27/h1-11H/b19-10+. The van der Waals surface area contributed by atoms with Crippen molar-refractivity contribution in [2.75, 3.05) is 0 Å². The monoisotopic (exact) mass is 361 g/mol. The number of para-hydroxylation sites is 1. The molecule has 4 rings (SSSR count). The Labute approximate surface area is 151 Å². The Morgan fingerprint density at radius 1 is 1.07 bits per heavy atom. The summed E-state index contributed by atoms with van der Waals surface area (Å²) in [7, 11) is 0. The van der Waals surface area contributed by atoms with Gasteiger partial charge in [-0.3, -0.25) is 14.9 Å². The molecule has 0 bridgehead atoms. The minimum Gasteiger partial charge on any atom is -0.265 e. The quantitative estimate of drug-likeness (QED) is 0.310. The lowest BCUT2D eigenvalue weighted by Crippen LogP contribution is -2.21.